The molecule has 2 aromatic rings. The van der Waals surface area contributed by atoms with Crippen molar-refractivity contribution in [2.75, 3.05) is 0 Å². The van der Waals surface area contributed by atoms with Crippen molar-refractivity contribution in [2.45, 2.75) is 51.2 Å². The largest absolute Gasteiger partial charge is 0.388 e. The van der Waals surface area contributed by atoms with E-state index >= 15 is 0 Å². The van der Waals surface area contributed by atoms with Gasteiger partial charge in [0.05, 0.1) is 16.5 Å². The molecule has 0 aliphatic rings. The van der Waals surface area contributed by atoms with Crippen LogP contribution in [0.4, 0.5) is 0 Å². The zero-order valence-corrected chi connectivity index (χ0v) is 16.3. The summed E-state index contributed by atoms with van der Waals surface area (Å²) in [6.45, 7) is 9.29. The molecule has 0 saturated heterocycles. The molecule has 0 radical (unpaired) electrons. The van der Waals surface area contributed by atoms with Crippen molar-refractivity contribution in [1.29, 1.82) is 0 Å². The number of benzene rings is 2. The SMILES string of the molecule is Cc1ccc([C@H](NS(=O)(=O)c2ccc(C)cc2)[C@@](C)(O)C(C)C)cc1. The smallest absolute Gasteiger partial charge is 0.241 e. The van der Waals surface area contributed by atoms with Crippen molar-refractivity contribution in [2.24, 2.45) is 5.92 Å². The second-order valence-electron chi connectivity index (χ2n) is 7.16. The number of sulfonamides is 1. The van der Waals surface area contributed by atoms with Gasteiger partial charge in [-0.2, -0.15) is 0 Å². The van der Waals surface area contributed by atoms with Crippen LogP contribution < -0.4 is 4.72 Å². The third-order valence-corrected chi connectivity index (χ3v) is 6.21. The molecule has 0 aliphatic heterocycles. The van der Waals surface area contributed by atoms with Gasteiger partial charge >= 0.3 is 0 Å². The van der Waals surface area contributed by atoms with Gasteiger partial charge in [0.15, 0.2) is 0 Å². The predicted molar refractivity (Wildman–Crippen MR) is 101 cm³/mol. The summed E-state index contributed by atoms with van der Waals surface area (Å²) in [6.07, 6.45) is 0. The van der Waals surface area contributed by atoms with Gasteiger partial charge in [-0.25, -0.2) is 13.1 Å². The van der Waals surface area contributed by atoms with E-state index in [2.05, 4.69) is 4.72 Å². The molecule has 0 aliphatic carbocycles. The fraction of sp³-hybridized carbons (Fsp3) is 0.400. The Morgan fingerprint density at radius 3 is 1.80 bits per heavy atom. The standard InChI is InChI=1S/C20H27NO3S/c1-14(2)20(5,22)19(17-10-6-15(3)7-11-17)21-25(23,24)18-12-8-16(4)9-13-18/h6-14,19,21-22H,1-5H3/t19-,20-/m0/s1. The van der Waals surface area contributed by atoms with Gasteiger partial charge in [-0.05, 0) is 44.4 Å². The lowest BCUT2D eigenvalue weighted by atomic mass is 9.82. The first-order valence-corrected chi connectivity index (χ1v) is 9.90. The highest BCUT2D eigenvalue weighted by molar-refractivity contribution is 7.89. The highest BCUT2D eigenvalue weighted by Gasteiger charge is 2.39. The first-order chi connectivity index (χ1) is 11.5. The summed E-state index contributed by atoms with van der Waals surface area (Å²) in [5.74, 6) is -0.139. The minimum Gasteiger partial charge on any atom is -0.388 e. The van der Waals surface area contributed by atoms with Crippen molar-refractivity contribution >= 4 is 10.0 Å². The zero-order valence-electron chi connectivity index (χ0n) is 15.4. The van der Waals surface area contributed by atoms with E-state index in [-0.39, 0.29) is 10.8 Å². The highest BCUT2D eigenvalue weighted by Crippen LogP contribution is 2.33. The summed E-state index contributed by atoms with van der Waals surface area (Å²) in [6, 6.07) is 13.5. The van der Waals surface area contributed by atoms with E-state index < -0.39 is 21.7 Å². The fourth-order valence-corrected chi connectivity index (χ4v) is 3.87. The van der Waals surface area contributed by atoms with Gasteiger partial charge in [0.2, 0.25) is 10.0 Å². The summed E-state index contributed by atoms with van der Waals surface area (Å²) in [4.78, 5) is 0.190. The normalized spacial score (nSPS) is 15.8. The van der Waals surface area contributed by atoms with Crippen LogP contribution in [0.15, 0.2) is 53.4 Å². The number of rotatable bonds is 6. The van der Waals surface area contributed by atoms with E-state index in [4.69, 9.17) is 0 Å². The molecule has 0 heterocycles. The van der Waals surface area contributed by atoms with E-state index in [0.29, 0.717) is 0 Å². The van der Waals surface area contributed by atoms with E-state index in [1.54, 1.807) is 31.2 Å². The van der Waals surface area contributed by atoms with Crippen molar-refractivity contribution in [3.63, 3.8) is 0 Å². The number of nitrogens with one attached hydrogen (secondary N) is 1. The molecular weight excluding hydrogens is 334 g/mol. The Morgan fingerprint density at radius 1 is 0.920 bits per heavy atom. The fourth-order valence-electron chi connectivity index (χ4n) is 2.56. The molecule has 2 N–H and O–H groups in total. The maximum Gasteiger partial charge on any atom is 0.241 e. The molecule has 0 bridgehead atoms. The van der Waals surface area contributed by atoms with Crippen LogP contribution in [-0.2, 0) is 10.0 Å². The molecule has 2 atom stereocenters. The van der Waals surface area contributed by atoms with Crippen molar-refractivity contribution < 1.29 is 13.5 Å². The maximum absolute atomic E-state index is 12.8. The molecule has 4 nitrogen and oxygen atoms in total. The Hall–Kier alpha value is -1.69. The van der Waals surface area contributed by atoms with E-state index in [9.17, 15) is 13.5 Å². The minimum absolute atomic E-state index is 0.139. The number of aryl methyl sites for hydroxylation is 2. The van der Waals surface area contributed by atoms with Crippen LogP contribution in [0, 0.1) is 19.8 Å². The molecule has 0 aromatic heterocycles. The van der Waals surface area contributed by atoms with Crippen molar-refractivity contribution in [3.8, 4) is 0 Å². The van der Waals surface area contributed by atoms with Gasteiger partial charge in [-0.1, -0.05) is 61.4 Å². The summed E-state index contributed by atoms with van der Waals surface area (Å²) in [7, 11) is -3.76. The van der Waals surface area contributed by atoms with Gasteiger partial charge in [0.25, 0.3) is 0 Å². The van der Waals surface area contributed by atoms with Crippen LogP contribution in [0.25, 0.3) is 0 Å². The third-order valence-electron chi connectivity index (χ3n) is 4.77. The lowest BCUT2D eigenvalue weighted by Gasteiger charge is -2.37. The summed E-state index contributed by atoms with van der Waals surface area (Å²) in [5.41, 5.74) is 1.56. The second kappa shape index (κ2) is 7.28. The summed E-state index contributed by atoms with van der Waals surface area (Å²) >= 11 is 0. The van der Waals surface area contributed by atoms with Crippen LogP contribution in [0.3, 0.4) is 0 Å². The van der Waals surface area contributed by atoms with Gasteiger partial charge in [-0.15, -0.1) is 0 Å². The molecule has 0 fully saturated rings. The Labute approximate surface area is 151 Å². The van der Waals surface area contributed by atoms with Gasteiger partial charge < -0.3 is 5.11 Å². The molecular formula is C20H27NO3S. The Kier molecular flexibility index (Phi) is 5.72. The molecule has 0 amide bonds. The van der Waals surface area contributed by atoms with E-state index in [1.165, 1.54) is 0 Å². The van der Waals surface area contributed by atoms with E-state index in [1.807, 2.05) is 52.0 Å². The topological polar surface area (TPSA) is 66.4 Å². The minimum atomic E-state index is -3.76. The molecule has 2 aromatic carbocycles. The molecule has 2 rings (SSSR count). The predicted octanol–water partition coefficient (Wildman–Crippen LogP) is 3.73. The van der Waals surface area contributed by atoms with Crippen LogP contribution >= 0.6 is 0 Å². The highest BCUT2D eigenvalue weighted by atomic mass is 32.2. The average molecular weight is 362 g/mol. The summed E-state index contributed by atoms with van der Waals surface area (Å²) in [5, 5.41) is 11.0. The van der Waals surface area contributed by atoms with Gasteiger partial charge in [-0.3, -0.25) is 0 Å². The Bertz CT molecular complexity index is 807. The maximum atomic E-state index is 12.8. The third kappa shape index (κ3) is 4.48. The van der Waals surface area contributed by atoms with Crippen LogP contribution in [0.5, 0.6) is 0 Å². The second-order valence-corrected chi connectivity index (χ2v) is 8.87. The lowest BCUT2D eigenvalue weighted by Crippen LogP contribution is -2.47. The van der Waals surface area contributed by atoms with Crippen LogP contribution in [0.2, 0.25) is 0 Å². The van der Waals surface area contributed by atoms with Crippen molar-refractivity contribution in [3.05, 3.63) is 65.2 Å². The molecule has 0 spiro atoms. The first kappa shape index (κ1) is 19.6. The van der Waals surface area contributed by atoms with Gasteiger partial charge in [0, 0.05) is 0 Å². The van der Waals surface area contributed by atoms with E-state index in [0.717, 1.165) is 16.7 Å². The quantitative estimate of drug-likeness (QED) is 0.824. The lowest BCUT2D eigenvalue weighted by molar-refractivity contribution is -0.0169. The molecule has 0 unspecified atom stereocenters. The monoisotopic (exact) mass is 361 g/mol. The average Bonchev–Trinajstić information content (AvgIpc) is 2.54. The number of aliphatic hydroxyl groups is 1. The number of hydrogen-bond acceptors (Lipinski definition) is 3. The molecule has 136 valence electrons. The Morgan fingerprint density at radius 2 is 1.36 bits per heavy atom. The first-order valence-electron chi connectivity index (χ1n) is 8.42. The molecule has 5 heteroatoms. The van der Waals surface area contributed by atoms with Crippen LogP contribution in [-0.4, -0.2) is 19.1 Å². The van der Waals surface area contributed by atoms with Crippen molar-refractivity contribution in [1.82, 2.24) is 4.72 Å². The zero-order chi connectivity index (χ0) is 18.8. The number of hydrogen-bond donors (Lipinski definition) is 2. The Balaban J connectivity index is 2.45. The van der Waals surface area contributed by atoms with Crippen LogP contribution in [0.1, 0.15) is 43.5 Å². The molecule has 25 heavy (non-hydrogen) atoms. The summed E-state index contributed by atoms with van der Waals surface area (Å²) < 4.78 is 28.4. The van der Waals surface area contributed by atoms with Gasteiger partial charge in [0.1, 0.15) is 0 Å². The molecule has 0 saturated carbocycles.